The first kappa shape index (κ1) is 30.0. The van der Waals surface area contributed by atoms with Crippen LogP contribution in [0.15, 0.2) is 60.8 Å². The maximum Gasteiger partial charge on any atom is 0.433 e. The van der Waals surface area contributed by atoms with Gasteiger partial charge in [0, 0.05) is 22.9 Å². The minimum absolute atomic E-state index is 0.0270. The van der Waals surface area contributed by atoms with Gasteiger partial charge in [0.2, 0.25) is 0 Å². The van der Waals surface area contributed by atoms with Crippen LogP contribution in [0.2, 0.25) is 0 Å². The Bertz CT molecular complexity index is 2130. The number of aromatic nitrogens is 9. The second-order valence-corrected chi connectivity index (χ2v) is 10.5. The summed E-state index contributed by atoms with van der Waals surface area (Å²) in [7, 11) is 0. The van der Waals surface area contributed by atoms with Gasteiger partial charge in [0.05, 0.1) is 17.0 Å². The molecule has 228 valence electrons. The first-order valence-corrected chi connectivity index (χ1v) is 13.6. The van der Waals surface area contributed by atoms with Gasteiger partial charge in [-0.1, -0.05) is 41.6 Å². The van der Waals surface area contributed by atoms with Gasteiger partial charge in [-0.05, 0) is 18.2 Å². The van der Waals surface area contributed by atoms with Gasteiger partial charge in [0.25, 0.3) is 0 Å². The van der Waals surface area contributed by atoms with Crippen molar-refractivity contribution in [3.63, 3.8) is 0 Å². The second-order valence-electron chi connectivity index (χ2n) is 9.40. The van der Waals surface area contributed by atoms with Crippen molar-refractivity contribution >= 4 is 11.3 Å². The number of nitrogens with one attached hydrogen (secondary N) is 1. The van der Waals surface area contributed by atoms with Gasteiger partial charge in [0.1, 0.15) is 34.2 Å². The quantitative estimate of drug-likeness (QED) is 0.209. The fraction of sp³-hybridized carbons (Fsp3) is 0.107. The number of hydrogen-bond donors (Lipinski definition) is 1. The van der Waals surface area contributed by atoms with Crippen LogP contribution in [0.3, 0.4) is 0 Å². The lowest BCUT2D eigenvalue weighted by molar-refractivity contribution is -0.141. The van der Waals surface area contributed by atoms with Gasteiger partial charge in [-0.2, -0.15) is 47.2 Å². The van der Waals surface area contributed by atoms with E-state index in [1.165, 1.54) is 41.1 Å². The molecule has 0 spiro atoms. The Morgan fingerprint density at radius 2 is 1.46 bits per heavy atom. The minimum atomic E-state index is -4.64. The molecule has 46 heavy (non-hydrogen) atoms. The maximum atomic E-state index is 13.1. The number of benzene rings is 2. The molecule has 11 nitrogen and oxygen atoms in total. The van der Waals surface area contributed by atoms with Crippen molar-refractivity contribution in [2.24, 2.45) is 0 Å². The Kier molecular flexibility index (Phi) is 7.50. The molecule has 6 rings (SSSR count). The third-order valence-corrected chi connectivity index (χ3v) is 7.62. The van der Waals surface area contributed by atoms with Gasteiger partial charge >= 0.3 is 12.4 Å². The molecule has 0 aliphatic heterocycles. The Hall–Kier alpha value is -6.01. The molecule has 0 saturated heterocycles. The van der Waals surface area contributed by atoms with Crippen LogP contribution >= 0.6 is 11.3 Å². The van der Waals surface area contributed by atoms with Crippen molar-refractivity contribution in [1.29, 1.82) is 10.5 Å². The molecule has 0 fully saturated rings. The first-order chi connectivity index (χ1) is 22.0. The summed E-state index contributed by atoms with van der Waals surface area (Å²) in [6.45, 7) is -0.0859. The van der Waals surface area contributed by atoms with Crippen LogP contribution in [-0.2, 0) is 18.9 Å². The maximum absolute atomic E-state index is 13.1. The van der Waals surface area contributed by atoms with Crippen molar-refractivity contribution < 1.29 is 26.3 Å². The van der Waals surface area contributed by atoms with Gasteiger partial charge < -0.3 is 0 Å². The van der Waals surface area contributed by atoms with Gasteiger partial charge in [-0.3, -0.25) is 0 Å². The predicted molar refractivity (Wildman–Crippen MR) is 148 cm³/mol. The average Bonchev–Trinajstić information content (AvgIpc) is 3.79. The normalized spacial score (nSPS) is 11.7. The highest BCUT2D eigenvalue weighted by Gasteiger charge is 2.33. The molecule has 0 aliphatic carbocycles. The van der Waals surface area contributed by atoms with E-state index >= 15 is 0 Å². The van der Waals surface area contributed by atoms with Crippen LogP contribution < -0.4 is 0 Å². The highest BCUT2D eigenvalue weighted by atomic mass is 32.1. The fourth-order valence-corrected chi connectivity index (χ4v) is 5.39. The van der Waals surface area contributed by atoms with E-state index in [1.54, 1.807) is 0 Å². The Labute approximate surface area is 257 Å². The molecule has 0 radical (unpaired) electrons. The molecule has 1 N–H and O–H groups in total. The summed E-state index contributed by atoms with van der Waals surface area (Å²) in [6, 6.07) is 15.1. The number of H-pyrrole nitrogens is 1. The number of hydrogen-bond acceptors (Lipinski definition) is 10. The van der Waals surface area contributed by atoms with Crippen LogP contribution in [0.1, 0.15) is 27.5 Å². The van der Waals surface area contributed by atoms with Crippen LogP contribution in [0.5, 0.6) is 0 Å². The lowest BCUT2D eigenvalue weighted by Gasteiger charge is -2.07. The lowest BCUT2D eigenvalue weighted by atomic mass is 10.1. The third kappa shape index (κ3) is 5.76. The predicted octanol–water partition coefficient (Wildman–Crippen LogP) is 6.14. The van der Waals surface area contributed by atoms with E-state index in [9.17, 15) is 36.9 Å². The molecule has 0 saturated carbocycles. The van der Waals surface area contributed by atoms with Crippen molar-refractivity contribution in [3.8, 4) is 56.7 Å². The summed E-state index contributed by atoms with van der Waals surface area (Å²) >= 11 is 1.09. The highest BCUT2D eigenvalue weighted by molar-refractivity contribution is 7.15. The molecule has 0 aliphatic rings. The Balaban J connectivity index is 1.34. The summed E-state index contributed by atoms with van der Waals surface area (Å²) < 4.78 is 79.9. The minimum Gasteiger partial charge on any atom is -0.237 e. The van der Waals surface area contributed by atoms with Crippen LogP contribution in [-0.4, -0.2) is 45.4 Å². The largest absolute Gasteiger partial charge is 0.433 e. The standard InChI is InChI=1S/C28H13F6N11S/c29-27(30,31)17-7-5-16(6-8-17)26-39-24(23-18(11-35)40-43-41-23)20(46-26)13-45-19(12-36)22(42-44-45)14-1-3-15(4-2-14)25-37-10-9-21(38-25)28(32,33)34/h1-10H,13H2,(H,40,41,43). The monoisotopic (exact) mass is 649 g/mol. The molecule has 0 unspecified atom stereocenters. The number of nitriles is 2. The van der Waals surface area contributed by atoms with Crippen LogP contribution in [0.25, 0.3) is 44.6 Å². The van der Waals surface area contributed by atoms with Gasteiger partial charge in [0.15, 0.2) is 22.9 Å². The van der Waals surface area contributed by atoms with E-state index in [2.05, 4.69) is 40.7 Å². The van der Waals surface area contributed by atoms with Gasteiger partial charge in [-0.25, -0.2) is 19.6 Å². The summed E-state index contributed by atoms with van der Waals surface area (Å²) in [4.78, 5) is 12.5. The number of thiazole rings is 1. The molecule has 18 heteroatoms. The first-order valence-electron chi connectivity index (χ1n) is 12.8. The molecule has 0 amide bonds. The average molecular weight is 650 g/mol. The van der Waals surface area contributed by atoms with Crippen molar-refractivity contribution in [2.45, 2.75) is 18.9 Å². The van der Waals surface area contributed by atoms with Crippen LogP contribution in [0.4, 0.5) is 26.3 Å². The molecular formula is C28H13F6N11S. The summed E-state index contributed by atoms with van der Waals surface area (Å²) in [5, 5.41) is 38.2. The zero-order valence-electron chi connectivity index (χ0n) is 22.6. The number of alkyl halides is 6. The SMILES string of the molecule is N#Cc1n[nH]nc1-c1nc(-c2ccc(C(F)(F)F)cc2)sc1Cn1nnc(-c2ccc(-c3nccc(C(F)(F)F)n3)cc2)c1C#N. The smallest absolute Gasteiger partial charge is 0.237 e. The van der Waals surface area contributed by atoms with Crippen molar-refractivity contribution in [3.05, 3.63) is 88.3 Å². The lowest BCUT2D eigenvalue weighted by Crippen LogP contribution is -2.08. The summed E-state index contributed by atoms with van der Waals surface area (Å²) in [5.74, 6) is -0.142. The Morgan fingerprint density at radius 1 is 0.761 bits per heavy atom. The van der Waals surface area contributed by atoms with E-state index < -0.39 is 23.6 Å². The second kappa shape index (κ2) is 11.5. The molecule has 4 aromatic heterocycles. The summed E-state index contributed by atoms with van der Waals surface area (Å²) in [6.07, 6.45) is -8.16. The van der Waals surface area contributed by atoms with Crippen molar-refractivity contribution in [1.82, 2.24) is 45.4 Å². The van der Waals surface area contributed by atoms with Crippen molar-refractivity contribution in [2.75, 3.05) is 0 Å². The molecule has 4 heterocycles. The molecule has 2 aromatic carbocycles. The zero-order chi connectivity index (χ0) is 32.6. The number of aromatic amines is 1. The zero-order valence-corrected chi connectivity index (χ0v) is 23.4. The molecule has 6 aromatic rings. The highest BCUT2D eigenvalue weighted by Crippen LogP contribution is 2.37. The molecule has 0 atom stereocenters. The number of rotatable bonds is 6. The van der Waals surface area contributed by atoms with E-state index in [-0.39, 0.29) is 40.8 Å². The van der Waals surface area contributed by atoms with E-state index in [4.69, 9.17) is 0 Å². The number of nitrogens with zero attached hydrogens (tertiary/aromatic N) is 10. The topological polar surface area (TPSA) is 159 Å². The van der Waals surface area contributed by atoms with E-state index in [0.717, 1.165) is 35.7 Å². The van der Waals surface area contributed by atoms with Crippen LogP contribution in [0, 0.1) is 22.7 Å². The molecular weight excluding hydrogens is 636 g/mol. The number of halogens is 6. The molecule has 0 bridgehead atoms. The Morgan fingerprint density at radius 3 is 2.11 bits per heavy atom. The van der Waals surface area contributed by atoms with Gasteiger partial charge in [-0.15, -0.1) is 21.5 Å². The third-order valence-electron chi connectivity index (χ3n) is 6.53. The van der Waals surface area contributed by atoms with E-state index in [1.807, 2.05) is 12.1 Å². The summed E-state index contributed by atoms with van der Waals surface area (Å²) in [5.41, 5.74) is -0.398. The fourth-order valence-electron chi connectivity index (χ4n) is 4.34. The van der Waals surface area contributed by atoms with E-state index in [0.29, 0.717) is 26.6 Å².